The van der Waals surface area contributed by atoms with E-state index in [0.29, 0.717) is 6.04 Å². The SMILES string of the molecule is C=CCC[C@@H](c1cc(Cl)ccc1Br)N1CCNCC1. The van der Waals surface area contributed by atoms with Gasteiger partial charge in [0.25, 0.3) is 0 Å². The van der Waals surface area contributed by atoms with Gasteiger partial charge in [-0.1, -0.05) is 33.6 Å². The fourth-order valence-electron chi connectivity index (χ4n) is 2.57. The molecule has 104 valence electrons. The summed E-state index contributed by atoms with van der Waals surface area (Å²) in [6.07, 6.45) is 4.10. The van der Waals surface area contributed by atoms with E-state index in [0.717, 1.165) is 48.5 Å². The summed E-state index contributed by atoms with van der Waals surface area (Å²) in [6, 6.07) is 6.47. The molecule has 2 rings (SSSR count). The molecule has 0 amide bonds. The van der Waals surface area contributed by atoms with Gasteiger partial charge in [-0.05, 0) is 36.6 Å². The van der Waals surface area contributed by atoms with Gasteiger partial charge >= 0.3 is 0 Å². The number of piperazine rings is 1. The maximum Gasteiger partial charge on any atom is 0.0410 e. The van der Waals surface area contributed by atoms with Crippen LogP contribution in [0.5, 0.6) is 0 Å². The van der Waals surface area contributed by atoms with E-state index in [-0.39, 0.29) is 0 Å². The van der Waals surface area contributed by atoms with Crippen molar-refractivity contribution in [1.82, 2.24) is 10.2 Å². The van der Waals surface area contributed by atoms with Crippen LogP contribution >= 0.6 is 27.5 Å². The Morgan fingerprint density at radius 2 is 2.16 bits per heavy atom. The van der Waals surface area contributed by atoms with Crippen LogP contribution in [0.2, 0.25) is 5.02 Å². The fourth-order valence-corrected chi connectivity index (χ4v) is 3.27. The van der Waals surface area contributed by atoms with Crippen LogP contribution in [0, 0.1) is 0 Å². The molecule has 1 fully saturated rings. The summed E-state index contributed by atoms with van der Waals surface area (Å²) >= 11 is 9.82. The van der Waals surface area contributed by atoms with Crippen molar-refractivity contribution < 1.29 is 0 Å². The van der Waals surface area contributed by atoms with Crippen LogP contribution < -0.4 is 5.32 Å². The summed E-state index contributed by atoms with van der Waals surface area (Å²) in [4.78, 5) is 2.54. The molecule has 0 radical (unpaired) electrons. The molecule has 1 aliphatic heterocycles. The van der Waals surface area contributed by atoms with Crippen molar-refractivity contribution in [2.24, 2.45) is 0 Å². The Kier molecular flexibility index (Phi) is 5.89. The Hall–Kier alpha value is -0.350. The summed E-state index contributed by atoms with van der Waals surface area (Å²) in [6.45, 7) is 8.13. The summed E-state index contributed by atoms with van der Waals surface area (Å²) in [5, 5.41) is 4.21. The number of hydrogen-bond acceptors (Lipinski definition) is 2. The Morgan fingerprint density at radius 3 is 2.84 bits per heavy atom. The van der Waals surface area contributed by atoms with Gasteiger partial charge in [0.1, 0.15) is 0 Å². The predicted molar refractivity (Wildman–Crippen MR) is 85.8 cm³/mol. The molecular formula is C15H20BrClN2. The maximum atomic E-state index is 6.16. The van der Waals surface area contributed by atoms with Crippen LogP contribution in [0.3, 0.4) is 0 Å². The molecule has 0 unspecified atom stereocenters. The van der Waals surface area contributed by atoms with Crippen molar-refractivity contribution in [3.8, 4) is 0 Å². The first kappa shape index (κ1) is 15.0. The van der Waals surface area contributed by atoms with Crippen LogP contribution in [-0.4, -0.2) is 31.1 Å². The number of hydrogen-bond donors (Lipinski definition) is 1. The molecule has 1 heterocycles. The van der Waals surface area contributed by atoms with E-state index in [1.807, 2.05) is 18.2 Å². The molecule has 0 aromatic heterocycles. The Bertz CT molecular complexity index is 430. The molecule has 2 nitrogen and oxygen atoms in total. The van der Waals surface area contributed by atoms with E-state index in [9.17, 15) is 0 Å². The van der Waals surface area contributed by atoms with Gasteiger partial charge in [-0.2, -0.15) is 0 Å². The lowest BCUT2D eigenvalue weighted by molar-refractivity contribution is 0.165. The molecule has 1 N–H and O–H groups in total. The van der Waals surface area contributed by atoms with Crippen LogP contribution in [0.25, 0.3) is 0 Å². The molecule has 19 heavy (non-hydrogen) atoms. The van der Waals surface area contributed by atoms with Crippen LogP contribution in [-0.2, 0) is 0 Å². The number of nitrogens with one attached hydrogen (secondary N) is 1. The van der Waals surface area contributed by atoms with Gasteiger partial charge in [0, 0.05) is 41.7 Å². The highest BCUT2D eigenvalue weighted by molar-refractivity contribution is 9.10. The molecule has 1 saturated heterocycles. The molecule has 1 aromatic carbocycles. The topological polar surface area (TPSA) is 15.3 Å². The second kappa shape index (κ2) is 7.44. The van der Waals surface area contributed by atoms with Crippen molar-refractivity contribution >= 4 is 27.5 Å². The third kappa shape index (κ3) is 4.06. The zero-order valence-electron chi connectivity index (χ0n) is 11.0. The normalized spacial score (nSPS) is 18.2. The highest BCUT2D eigenvalue weighted by Crippen LogP contribution is 2.33. The number of benzene rings is 1. The summed E-state index contributed by atoms with van der Waals surface area (Å²) < 4.78 is 1.14. The molecular weight excluding hydrogens is 324 g/mol. The summed E-state index contributed by atoms with van der Waals surface area (Å²) in [5.41, 5.74) is 1.29. The molecule has 0 spiro atoms. The second-order valence-corrected chi connectivity index (χ2v) is 6.12. The lowest BCUT2D eigenvalue weighted by atomic mass is 9.99. The van der Waals surface area contributed by atoms with Gasteiger partial charge < -0.3 is 5.32 Å². The molecule has 1 atom stereocenters. The standard InChI is InChI=1S/C15H20BrClN2/c1-2-3-4-15(19-9-7-18-8-10-19)13-11-12(17)5-6-14(13)16/h2,5-6,11,15,18H,1,3-4,7-10H2/t15-/m0/s1. The number of halogens is 2. The number of rotatable bonds is 5. The zero-order valence-corrected chi connectivity index (χ0v) is 13.4. The molecule has 1 aliphatic rings. The van der Waals surface area contributed by atoms with Crippen LogP contribution in [0.15, 0.2) is 35.3 Å². The quantitative estimate of drug-likeness (QED) is 0.813. The Labute approximate surface area is 129 Å². The molecule has 1 aromatic rings. The van der Waals surface area contributed by atoms with E-state index in [1.54, 1.807) is 0 Å². The average Bonchev–Trinajstić information content (AvgIpc) is 2.44. The van der Waals surface area contributed by atoms with E-state index in [2.05, 4.69) is 38.8 Å². The van der Waals surface area contributed by atoms with Gasteiger partial charge in [-0.3, -0.25) is 4.90 Å². The van der Waals surface area contributed by atoms with Gasteiger partial charge in [0.05, 0.1) is 0 Å². The highest BCUT2D eigenvalue weighted by atomic mass is 79.9. The predicted octanol–water partition coefficient (Wildman–Crippen LogP) is 4.02. The third-order valence-electron chi connectivity index (χ3n) is 3.55. The Morgan fingerprint density at radius 1 is 1.42 bits per heavy atom. The van der Waals surface area contributed by atoms with Crippen molar-refractivity contribution in [2.45, 2.75) is 18.9 Å². The fraction of sp³-hybridized carbons (Fsp3) is 0.467. The van der Waals surface area contributed by atoms with Crippen molar-refractivity contribution in [2.75, 3.05) is 26.2 Å². The van der Waals surface area contributed by atoms with E-state index < -0.39 is 0 Å². The number of nitrogens with zero attached hydrogens (tertiary/aromatic N) is 1. The zero-order chi connectivity index (χ0) is 13.7. The first-order valence-corrected chi connectivity index (χ1v) is 7.90. The van der Waals surface area contributed by atoms with Crippen molar-refractivity contribution in [3.05, 3.63) is 45.9 Å². The van der Waals surface area contributed by atoms with Crippen molar-refractivity contribution in [1.29, 1.82) is 0 Å². The third-order valence-corrected chi connectivity index (χ3v) is 4.51. The summed E-state index contributed by atoms with van der Waals surface area (Å²) in [7, 11) is 0. The van der Waals surface area contributed by atoms with E-state index in [1.165, 1.54) is 5.56 Å². The van der Waals surface area contributed by atoms with Gasteiger partial charge in [-0.25, -0.2) is 0 Å². The first-order valence-electron chi connectivity index (χ1n) is 6.73. The van der Waals surface area contributed by atoms with E-state index in [4.69, 9.17) is 11.6 Å². The first-order chi connectivity index (χ1) is 9.22. The van der Waals surface area contributed by atoms with E-state index >= 15 is 0 Å². The van der Waals surface area contributed by atoms with Crippen LogP contribution in [0.4, 0.5) is 0 Å². The molecule has 0 bridgehead atoms. The lowest BCUT2D eigenvalue weighted by Gasteiger charge is -2.35. The number of allylic oxidation sites excluding steroid dienone is 1. The minimum absolute atomic E-state index is 0.410. The van der Waals surface area contributed by atoms with Gasteiger partial charge in [0.2, 0.25) is 0 Å². The molecule has 0 aliphatic carbocycles. The minimum Gasteiger partial charge on any atom is -0.314 e. The molecule has 0 saturated carbocycles. The second-order valence-electron chi connectivity index (χ2n) is 4.83. The largest absolute Gasteiger partial charge is 0.314 e. The lowest BCUT2D eigenvalue weighted by Crippen LogP contribution is -2.45. The monoisotopic (exact) mass is 342 g/mol. The average molecular weight is 344 g/mol. The minimum atomic E-state index is 0.410. The van der Waals surface area contributed by atoms with Crippen LogP contribution in [0.1, 0.15) is 24.4 Å². The van der Waals surface area contributed by atoms with Gasteiger partial charge in [0.15, 0.2) is 0 Å². The molecule has 4 heteroatoms. The van der Waals surface area contributed by atoms with Crippen molar-refractivity contribution in [3.63, 3.8) is 0 Å². The summed E-state index contributed by atoms with van der Waals surface area (Å²) in [5.74, 6) is 0. The highest BCUT2D eigenvalue weighted by Gasteiger charge is 2.23. The smallest absolute Gasteiger partial charge is 0.0410 e. The maximum absolute atomic E-state index is 6.16. The Balaban J connectivity index is 2.24. The van der Waals surface area contributed by atoms with Gasteiger partial charge in [-0.15, -0.1) is 6.58 Å².